The highest BCUT2D eigenvalue weighted by atomic mass is 16.2. The van der Waals surface area contributed by atoms with Gasteiger partial charge in [0.1, 0.15) is 12.1 Å². The molecule has 0 bridgehead atoms. The third-order valence-corrected chi connectivity index (χ3v) is 3.04. The third kappa shape index (κ3) is 2.87. The maximum absolute atomic E-state index is 11.9. The zero-order chi connectivity index (χ0) is 13.0. The Kier molecular flexibility index (Phi) is 3.94. The second kappa shape index (κ2) is 5.64. The molecule has 5 heteroatoms. The first kappa shape index (κ1) is 12.6. The normalized spacial score (nSPS) is 20.9. The molecule has 2 rings (SSSR count). The molecule has 1 aromatic carbocycles. The van der Waals surface area contributed by atoms with Crippen molar-refractivity contribution in [3.63, 3.8) is 0 Å². The van der Waals surface area contributed by atoms with Crippen LogP contribution in [0.4, 0.5) is 0 Å². The van der Waals surface area contributed by atoms with Gasteiger partial charge in [0.2, 0.25) is 11.8 Å². The lowest BCUT2D eigenvalue weighted by molar-refractivity contribution is -0.130. The SMILES string of the molecule is NC(C(=O)NC1CCCNC1=O)c1ccccc1. The molecule has 1 aliphatic heterocycles. The Balaban J connectivity index is 1.97. The molecule has 0 aromatic heterocycles. The van der Waals surface area contributed by atoms with Crippen molar-refractivity contribution in [3.8, 4) is 0 Å². The molecule has 0 spiro atoms. The van der Waals surface area contributed by atoms with Crippen LogP contribution in [0, 0.1) is 0 Å². The number of carbonyl (C=O) groups excluding carboxylic acids is 2. The molecule has 2 atom stereocenters. The Morgan fingerprint density at radius 1 is 1.39 bits per heavy atom. The molecular weight excluding hydrogens is 230 g/mol. The summed E-state index contributed by atoms with van der Waals surface area (Å²) in [5, 5.41) is 5.41. The molecule has 5 nitrogen and oxygen atoms in total. The average Bonchev–Trinajstić information content (AvgIpc) is 2.41. The molecule has 4 N–H and O–H groups in total. The van der Waals surface area contributed by atoms with E-state index in [2.05, 4.69) is 10.6 Å². The van der Waals surface area contributed by atoms with E-state index < -0.39 is 12.1 Å². The summed E-state index contributed by atoms with van der Waals surface area (Å²) in [5.74, 6) is -0.446. The van der Waals surface area contributed by atoms with Crippen LogP contribution < -0.4 is 16.4 Å². The predicted octanol–water partition coefficient (Wildman–Crippen LogP) is 0.0812. The fourth-order valence-electron chi connectivity index (χ4n) is 1.98. The van der Waals surface area contributed by atoms with Gasteiger partial charge in [-0.3, -0.25) is 9.59 Å². The monoisotopic (exact) mass is 247 g/mol. The molecule has 96 valence electrons. The summed E-state index contributed by atoms with van der Waals surface area (Å²) >= 11 is 0. The van der Waals surface area contributed by atoms with Crippen molar-refractivity contribution in [2.75, 3.05) is 6.54 Å². The van der Waals surface area contributed by atoms with E-state index in [9.17, 15) is 9.59 Å². The number of carbonyl (C=O) groups is 2. The van der Waals surface area contributed by atoms with Crippen molar-refractivity contribution >= 4 is 11.8 Å². The van der Waals surface area contributed by atoms with E-state index in [0.717, 1.165) is 12.0 Å². The second-order valence-corrected chi connectivity index (χ2v) is 4.38. The number of rotatable bonds is 3. The molecule has 1 heterocycles. The van der Waals surface area contributed by atoms with Crippen LogP contribution in [0.3, 0.4) is 0 Å². The van der Waals surface area contributed by atoms with Gasteiger partial charge >= 0.3 is 0 Å². The predicted molar refractivity (Wildman–Crippen MR) is 67.5 cm³/mol. The highest BCUT2D eigenvalue weighted by Crippen LogP contribution is 2.11. The zero-order valence-electron chi connectivity index (χ0n) is 10.1. The van der Waals surface area contributed by atoms with Gasteiger partial charge in [0.15, 0.2) is 0 Å². The van der Waals surface area contributed by atoms with E-state index in [1.54, 1.807) is 12.1 Å². The summed E-state index contributed by atoms with van der Waals surface area (Å²) in [6.45, 7) is 0.677. The summed E-state index contributed by atoms with van der Waals surface area (Å²) in [6, 6.07) is 7.92. The van der Waals surface area contributed by atoms with Gasteiger partial charge in [-0.15, -0.1) is 0 Å². The molecule has 0 aliphatic carbocycles. The molecule has 1 aromatic rings. The van der Waals surface area contributed by atoms with E-state index in [-0.39, 0.29) is 11.8 Å². The Labute approximate surface area is 106 Å². The summed E-state index contributed by atoms with van der Waals surface area (Å²) in [7, 11) is 0. The number of nitrogens with one attached hydrogen (secondary N) is 2. The fourth-order valence-corrected chi connectivity index (χ4v) is 1.98. The number of amides is 2. The molecule has 1 saturated heterocycles. The van der Waals surface area contributed by atoms with Gasteiger partial charge in [0.25, 0.3) is 0 Å². The molecular formula is C13H17N3O2. The van der Waals surface area contributed by atoms with Gasteiger partial charge in [-0.1, -0.05) is 30.3 Å². The van der Waals surface area contributed by atoms with Gasteiger partial charge < -0.3 is 16.4 Å². The Morgan fingerprint density at radius 3 is 2.78 bits per heavy atom. The minimum Gasteiger partial charge on any atom is -0.354 e. The fraction of sp³-hybridized carbons (Fsp3) is 0.385. The lowest BCUT2D eigenvalue weighted by Gasteiger charge is -2.24. The maximum Gasteiger partial charge on any atom is 0.242 e. The second-order valence-electron chi connectivity index (χ2n) is 4.38. The van der Waals surface area contributed by atoms with E-state index in [1.165, 1.54) is 0 Å². The van der Waals surface area contributed by atoms with E-state index >= 15 is 0 Å². The number of piperidine rings is 1. The van der Waals surface area contributed by atoms with Crippen LogP contribution in [-0.4, -0.2) is 24.4 Å². The molecule has 0 saturated carbocycles. The molecule has 1 aliphatic rings. The van der Waals surface area contributed by atoms with Gasteiger partial charge in [0.05, 0.1) is 0 Å². The quantitative estimate of drug-likeness (QED) is 0.707. The highest BCUT2D eigenvalue weighted by molar-refractivity contribution is 5.90. The van der Waals surface area contributed by atoms with Crippen LogP contribution in [0.25, 0.3) is 0 Å². The van der Waals surface area contributed by atoms with Crippen LogP contribution in [0.5, 0.6) is 0 Å². The lowest BCUT2D eigenvalue weighted by Crippen LogP contribution is -2.52. The third-order valence-electron chi connectivity index (χ3n) is 3.04. The number of benzene rings is 1. The van der Waals surface area contributed by atoms with Crippen molar-refractivity contribution in [1.29, 1.82) is 0 Å². The smallest absolute Gasteiger partial charge is 0.242 e. The molecule has 18 heavy (non-hydrogen) atoms. The average molecular weight is 247 g/mol. The van der Waals surface area contributed by atoms with Crippen molar-refractivity contribution in [3.05, 3.63) is 35.9 Å². The van der Waals surface area contributed by atoms with E-state index in [1.807, 2.05) is 18.2 Å². The zero-order valence-corrected chi connectivity index (χ0v) is 10.1. The van der Waals surface area contributed by atoms with Crippen LogP contribution in [-0.2, 0) is 9.59 Å². The van der Waals surface area contributed by atoms with Crippen LogP contribution >= 0.6 is 0 Å². The van der Waals surface area contributed by atoms with Crippen LogP contribution in [0.2, 0.25) is 0 Å². The largest absolute Gasteiger partial charge is 0.354 e. The minimum absolute atomic E-state index is 0.130. The number of nitrogens with two attached hydrogens (primary N) is 1. The Morgan fingerprint density at radius 2 is 2.11 bits per heavy atom. The first-order valence-electron chi connectivity index (χ1n) is 6.07. The molecule has 1 fully saturated rings. The summed E-state index contributed by atoms with van der Waals surface area (Å²) in [6.07, 6.45) is 1.54. The van der Waals surface area contributed by atoms with E-state index in [4.69, 9.17) is 5.73 Å². The van der Waals surface area contributed by atoms with Crippen molar-refractivity contribution < 1.29 is 9.59 Å². The summed E-state index contributed by atoms with van der Waals surface area (Å²) < 4.78 is 0. The van der Waals surface area contributed by atoms with Crippen molar-refractivity contribution in [1.82, 2.24) is 10.6 Å². The Hall–Kier alpha value is -1.88. The lowest BCUT2D eigenvalue weighted by atomic mass is 10.0. The first-order valence-corrected chi connectivity index (χ1v) is 6.07. The summed E-state index contributed by atoms with van der Waals surface area (Å²) in [5.41, 5.74) is 6.60. The van der Waals surface area contributed by atoms with Crippen molar-refractivity contribution in [2.24, 2.45) is 5.73 Å². The van der Waals surface area contributed by atoms with Gasteiger partial charge in [-0.05, 0) is 18.4 Å². The van der Waals surface area contributed by atoms with E-state index in [0.29, 0.717) is 13.0 Å². The van der Waals surface area contributed by atoms with Gasteiger partial charge in [0, 0.05) is 6.54 Å². The van der Waals surface area contributed by atoms with Crippen molar-refractivity contribution in [2.45, 2.75) is 24.9 Å². The molecule has 2 amide bonds. The van der Waals surface area contributed by atoms with Crippen LogP contribution in [0.15, 0.2) is 30.3 Å². The highest BCUT2D eigenvalue weighted by Gasteiger charge is 2.26. The summed E-state index contributed by atoms with van der Waals surface area (Å²) in [4.78, 5) is 23.5. The maximum atomic E-state index is 11.9. The molecule has 0 radical (unpaired) electrons. The number of hydrogen-bond acceptors (Lipinski definition) is 3. The van der Waals surface area contributed by atoms with Gasteiger partial charge in [-0.25, -0.2) is 0 Å². The molecule has 2 unspecified atom stereocenters. The Bertz CT molecular complexity index is 433. The minimum atomic E-state index is -0.735. The number of hydrogen-bond donors (Lipinski definition) is 3. The van der Waals surface area contributed by atoms with Crippen LogP contribution in [0.1, 0.15) is 24.4 Å². The topological polar surface area (TPSA) is 84.2 Å². The van der Waals surface area contributed by atoms with Gasteiger partial charge in [-0.2, -0.15) is 0 Å². The standard InChI is InChI=1S/C13H17N3O2/c14-11(9-5-2-1-3-6-9)13(18)16-10-7-4-8-15-12(10)17/h1-3,5-6,10-11H,4,7-8,14H2,(H,15,17)(H,16,18). The first-order chi connectivity index (χ1) is 8.68.